The van der Waals surface area contributed by atoms with E-state index >= 15 is 0 Å². The number of anilines is 1. The fourth-order valence-electron chi connectivity index (χ4n) is 4.15. The van der Waals surface area contributed by atoms with E-state index in [2.05, 4.69) is 15.4 Å². The summed E-state index contributed by atoms with van der Waals surface area (Å²) in [7, 11) is 1.63. The lowest BCUT2D eigenvalue weighted by Crippen LogP contribution is -2.38. The highest BCUT2D eigenvalue weighted by Crippen LogP contribution is 2.31. The predicted octanol–water partition coefficient (Wildman–Crippen LogP) is 4.60. The third kappa shape index (κ3) is 3.91. The number of hydrogen-bond acceptors (Lipinski definition) is 3. The van der Waals surface area contributed by atoms with Gasteiger partial charge in [0.05, 0.1) is 23.1 Å². The van der Waals surface area contributed by atoms with Crippen molar-refractivity contribution in [1.29, 1.82) is 0 Å². The fraction of sp³-hybridized carbons (Fsp3) is 0.208. The summed E-state index contributed by atoms with van der Waals surface area (Å²) in [6, 6.07) is 9.95. The van der Waals surface area contributed by atoms with Crippen molar-refractivity contribution in [2.24, 2.45) is 0 Å². The van der Waals surface area contributed by atoms with Crippen molar-refractivity contribution in [3.05, 3.63) is 66.6 Å². The van der Waals surface area contributed by atoms with Crippen molar-refractivity contribution in [1.82, 2.24) is 19.7 Å². The van der Waals surface area contributed by atoms with Crippen molar-refractivity contribution < 1.29 is 22.8 Å². The molecule has 4 aromatic rings. The topological polar surface area (TPSA) is 83.0 Å². The first kappa shape index (κ1) is 21.7. The SMILES string of the molecule is CN1C(=O)CC[C@H]1C(=O)Nc1c[nH]c2ccc(-c3cnn(-c4ccc(C(F)(F)F)cc4)c3)cc12. The van der Waals surface area contributed by atoms with Crippen molar-refractivity contribution >= 4 is 28.4 Å². The highest BCUT2D eigenvalue weighted by atomic mass is 19.4. The average molecular weight is 467 g/mol. The standard InChI is InChI=1S/C24H20F3N5O2/c1-31-21(8-9-22(31)33)23(34)30-20-12-28-19-7-2-14(10-18(19)20)15-11-29-32(13-15)17-5-3-16(4-6-17)24(25,26)27/h2-7,10-13,21,28H,8-9H2,1H3,(H,30,34)/t21-/m0/s1. The number of hydrogen-bond donors (Lipinski definition) is 2. The number of carbonyl (C=O) groups excluding carboxylic acids is 2. The van der Waals surface area contributed by atoms with Crippen LogP contribution in [0.4, 0.5) is 18.9 Å². The van der Waals surface area contributed by atoms with E-state index in [1.807, 2.05) is 18.2 Å². The Balaban J connectivity index is 1.39. The van der Waals surface area contributed by atoms with Crippen LogP contribution < -0.4 is 5.32 Å². The zero-order chi connectivity index (χ0) is 24.0. The molecule has 2 amide bonds. The zero-order valence-corrected chi connectivity index (χ0v) is 18.1. The number of amides is 2. The molecule has 0 spiro atoms. The van der Waals surface area contributed by atoms with Crippen molar-refractivity contribution in [2.75, 3.05) is 12.4 Å². The molecule has 0 aliphatic carbocycles. The number of likely N-dealkylation sites (N-methyl/N-ethyl adjacent to an activating group) is 1. The first-order valence-corrected chi connectivity index (χ1v) is 10.6. The maximum absolute atomic E-state index is 12.8. The molecule has 1 atom stereocenters. The molecule has 0 saturated carbocycles. The Morgan fingerprint density at radius 1 is 1.15 bits per heavy atom. The molecular weight excluding hydrogens is 447 g/mol. The molecule has 1 fully saturated rings. The predicted molar refractivity (Wildman–Crippen MR) is 120 cm³/mol. The molecule has 0 radical (unpaired) electrons. The first-order chi connectivity index (χ1) is 16.2. The van der Waals surface area contributed by atoms with E-state index in [4.69, 9.17) is 0 Å². The molecule has 1 saturated heterocycles. The molecule has 2 aromatic heterocycles. The van der Waals surface area contributed by atoms with Gasteiger partial charge in [-0.15, -0.1) is 0 Å². The van der Waals surface area contributed by atoms with Gasteiger partial charge in [-0.2, -0.15) is 18.3 Å². The lowest BCUT2D eigenvalue weighted by atomic mass is 10.1. The summed E-state index contributed by atoms with van der Waals surface area (Å²) in [6.07, 6.45) is 1.51. The highest BCUT2D eigenvalue weighted by molar-refractivity contribution is 6.05. The average Bonchev–Trinajstić information content (AvgIpc) is 3.53. The number of nitrogens with one attached hydrogen (secondary N) is 2. The summed E-state index contributed by atoms with van der Waals surface area (Å²) in [5, 5.41) is 7.98. The fourth-order valence-corrected chi connectivity index (χ4v) is 4.15. The highest BCUT2D eigenvalue weighted by Gasteiger charge is 2.33. The number of benzene rings is 2. The van der Waals surface area contributed by atoms with E-state index in [0.29, 0.717) is 24.2 Å². The van der Waals surface area contributed by atoms with Gasteiger partial charge in [-0.1, -0.05) is 6.07 Å². The van der Waals surface area contributed by atoms with E-state index in [9.17, 15) is 22.8 Å². The van der Waals surface area contributed by atoms with E-state index in [-0.39, 0.29) is 11.8 Å². The molecule has 3 heterocycles. The van der Waals surface area contributed by atoms with Crippen LogP contribution in [0.3, 0.4) is 0 Å². The van der Waals surface area contributed by atoms with Gasteiger partial charge in [0.2, 0.25) is 11.8 Å². The van der Waals surface area contributed by atoms with E-state index < -0.39 is 17.8 Å². The summed E-state index contributed by atoms with van der Waals surface area (Å²) in [6.45, 7) is 0. The number of rotatable bonds is 4. The second-order valence-electron chi connectivity index (χ2n) is 8.23. The molecular formula is C24H20F3N5O2. The molecule has 0 bridgehead atoms. The molecule has 0 unspecified atom stereocenters. The molecule has 10 heteroatoms. The molecule has 1 aliphatic rings. The molecule has 2 aromatic carbocycles. The van der Waals surface area contributed by atoms with Crippen LogP contribution in [0.25, 0.3) is 27.7 Å². The molecule has 1 aliphatic heterocycles. The van der Waals surface area contributed by atoms with Crippen LogP contribution in [0.1, 0.15) is 18.4 Å². The van der Waals surface area contributed by atoms with Crippen LogP contribution in [0, 0.1) is 0 Å². The number of halogens is 3. The van der Waals surface area contributed by atoms with Gasteiger partial charge < -0.3 is 15.2 Å². The van der Waals surface area contributed by atoms with Gasteiger partial charge >= 0.3 is 6.18 Å². The smallest absolute Gasteiger partial charge is 0.359 e. The molecule has 2 N–H and O–H groups in total. The van der Waals surface area contributed by atoms with Crippen molar-refractivity contribution in [3.63, 3.8) is 0 Å². The van der Waals surface area contributed by atoms with E-state index in [0.717, 1.165) is 34.2 Å². The summed E-state index contributed by atoms with van der Waals surface area (Å²) in [5.41, 5.74) is 2.81. The minimum absolute atomic E-state index is 0.0496. The minimum Gasteiger partial charge on any atom is -0.359 e. The van der Waals surface area contributed by atoms with Crippen molar-refractivity contribution in [3.8, 4) is 16.8 Å². The van der Waals surface area contributed by atoms with Crippen molar-refractivity contribution in [2.45, 2.75) is 25.1 Å². The number of fused-ring (bicyclic) bond motifs is 1. The van der Waals surface area contributed by atoms with Gasteiger partial charge in [0, 0.05) is 42.3 Å². The van der Waals surface area contributed by atoms with Crippen LogP contribution in [0.5, 0.6) is 0 Å². The quantitative estimate of drug-likeness (QED) is 0.460. The Labute approximate surface area is 192 Å². The second kappa shape index (κ2) is 8.05. The van der Waals surface area contributed by atoms with Gasteiger partial charge in [-0.3, -0.25) is 9.59 Å². The maximum atomic E-state index is 12.8. The zero-order valence-electron chi connectivity index (χ0n) is 18.1. The monoisotopic (exact) mass is 467 g/mol. The minimum atomic E-state index is -4.39. The van der Waals surface area contributed by atoms with Gasteiger partial charge in [-0.05, 0) is 48.4 Å². The number of nitrogens with zero attached hydrogens (tertiary/aromatic N) is 3. The van der Waals surface area contributed by atoms with Crippen LogP contribution in [-0.2, 0) is 15.8 Å². The lowest BCUT2D eigenvalue weighted by molar-refractivity contribution is -0.137. The number of H-pyrrole nitrogens is 1. The number of likely N-dealkylation sites (tertiary alicyclic amines) is 1. The first-order valence-electron chi connectivity index (χ1n) is 10.6. The van der Waals surface area contributed by atoms with Gasteiger partial charge in [0.25, 0.3) is 0 Å². The Morgan fingerprint density at radius 3 is 2.59 bits per heavy atom. The van der Waals surface area contributed by atoms with Crippen LogP contribution in [0.15, 0.2) is 61.1 Å². The second-order valence-corrected chi connectivity index (χ2v) is 8.23. The van der Waals surface area contributed by atoms with Crippen LogP contribution >= 0.6 is 0 Å². The van der Waals surface area contributed by atoms with E-state index in [1.54, 1.807) is 25.6 Å². The normalized spacial score (nSPS) is 16.4. The third-order valence-electron chi connectivity index (χ3n) is 6.11. The Kier molecular flexibility index (Phi) is 5.15. The largest absolute Gasteiger partial charge is 0.416 e. The number of aromatic amines is 1. The Bertz CT molecular complexity index is 1390. The summed E-state index contributed by atoms with van der Waals surface area (Å²) in [4.78, 5) is 29.0. The summed E-state index contributed by atoms with van der Waals surface area (Å²) in [5.74, 6) is -0.291. The third-order valence-corrected chi connectivity index (χ3v) is 6.11. The van der Waals surface area contributed by atoms with Crippen LogP contribution in [-0.4, -0.2) is 44.6 Å². The number of alkyl halides is 3. The lowest BCUT2D eigenvalue weighted by Gasteiger charge is -2.18. The van der Waals surface area contributed by atoms with E-state index in [1.165, 1.54) is 21.7 Å². The molecule has 7 nitrogen and oxygen atoms in total. The van der Waals surface area contributed by atoms with Crippen LogP contribution in [0.2, 0.25) is 0 Å². The summed E-state index contributed by atoms with van der Waals surface area (Å²) >= 11 is 0. The van der Waals surface area contributed by atoms with Gasteiger partial charge in [0.1, 0.15) is 6.04 Å². The molecule has 5 rings (SSSR count). The maximum Gasteiger partial charge on any atom is 0.416 e. The number of carbonyl (C=O) groups is 2. The number of aromatic nitrogens is 3. The Morgan fingerprint density at radius 2 is 1.91 bits per heavy atom. The van der Waals surface area contributed by atoms with Gasteiger partial charge in [0.15, 0.2) is 0 Å². The van der Waals surface area contributed by atoms with Gasteiger partial charge in [-0.25, -0.2) is 4.68 Å². The Hall–Kier alpha value is -4.08. The molecule has 174 valence electrons. The molecule has 34 heavy (non-hydrogen) atoms. The summed E-state index contributed by atoms with van der Waals surface area (Å²) < 4.78 is 40.0.